The molecule has 1 heterocycles. The van der Waals surface area contributed by atoms with Gasteiger partial charge in [0.1, 0.15) is 0 Å². The molecule has 0 aliphatic carbocycles. The van der Waals surface area contributed by atoms with Crippen molar-refractivity contribution in [1.82, 2.24) is 9.62 Å². The second-order valence-electron chi connectivity index (χ2n) is 4.63. The maximum absolute atomic E-state index is 11.4. The van der Waals surface area contributed by atoms with Crippen molar-refractivity contribution in [1.29, 1.82) is 0 Å². The molecule has 1 saturated heterocycles. The van der Waals surface area contributed by atoms with Crippen LogP contribution in [0.4, 0.5) is 0 Å². The van der Waals surface area contributed by atoms with Gasteiger partial charge in [-0.3, -0.25) is 5.32 Å². The molecule has 0 unspecified atom stereocenters. The molecule has 0 bridgehead atoms. The summed E-state index contributed by atoms with van der Waals surface area (Å²) in [6.45, 7) is 8.30. The molecule has 1 rings (SSSR count). The third-order valence-corrected chi connectivity index (χ3v) is 4.60. The summed E-state index contributed by atoms with van der Waals surface area (Å²) >= 11 is 0. The van der Waals surface area contributed by atoms with Crippen LogP contribution in [0.3, 0.4) is 0 Å². The summed E-state index contributed by atoms with van der Waals surface area (Å²) in [5.41, 5.74) is -0.559. The van der Waals surface area contributed by atoms with Gasteiger partial charge in [0.25, 0.3) is 0 Å². The van der Waals surface area contributed by atoms with Gasteiger partial charge < -0.3 is 0 Å². The fourth-order valence-corrected chi connectivity index (χ4v) is 2.88. The van der Waals surface area contributed by atoms with Crippen LogP contribution in [0.25, 0.3) is 0 Å². The minimum Gasteiger partial charge on any atom is -0.297 e. The van der Waals surface area contributed by atoms with E-state index in [2.05, 4.69) is 5.32 Å². The standard InChI is InChI=1S/C8H18N2O2S/c1-7(2)8(3,4)10(6-9-7)13(5,11)12/h9H,6H2,1-5H3. The summed E-state index contributed by atoms with van der Waals surface area (Å²) in [4.78, 5) is 0. The third-order valence-electron chi connectivity index (χ3n) is 3.22. The van der Waals surface area contributed by atoms with Crippen molar-refractivity contribution >= 4 is 10.0 Å². The normalized spacial score (nSPS) is 27.8. The van der Waals surface area contributed by atoms with E-state index < -0.39 is 10.0 Å². The molecule has 1 N–H and O–H groups in total. The Morgan fingerprint density at radius 1 is 1.23 bits per heavy atom. The highest BCUT2D eigenvalue weighted by Gasteiger charge is 2.50. The molecule has 0 aromatic carbocycles. The largest absolute Gasteiger partial charge is 0.297 e. The summed E-state index contributed by atoms with van der Waals surface area (Å²) in [6, 6.07) is 0. The van der Waals surface area contributed by atoms with Gasteiger partial charge in [0.2, 0.25) is 10.0 Å². The van der Waals surface area contributed by atoms with Crippen LogP contribution >= 0.6 is 0 Å². The average Bonchev–Trinajstić information content (AvgIpc) is 2.00. The summed E-state index contributed by atoms with van der Waals surface area (Å²) < 4.78 is 24.3. The van der Waals surface area contributed by atoms with E-state index in [1.54, 1.807) is 0 Å². The monoisotopic (exact) mass is 206 g/mol. The fraction of sp³-hybridized carbons (Fsp3) is 1.00. The first-order chi connectivity index (χ1) is 5.59. The highest BCUT2D eigenvalue weighted by molar-refractivity contribution is 7.88. The molecule has 1 aliphatic heterocycles. The van der Waals surface area contributed by atoms with E-state index in [4.69, 9.17) is 0 Å². The number of nitrogens with zero attached hydrogens (tertiary/aromatic N) is 1. The van der Waals surface area contributed by atoms with E-state index in [1.807, 2.05) is 27.7 Å². The molecule has 1 aliphatic rings. The van der Waals surface area contributed by atoms with E-state index in [0.29, 0.717) is 6.67 Å². The lowest BCUT2D eigenvalue weighted by atomic mass is 9.85. The molecule has 0 aromatic rings. The first kappa shape index (κ1) is 10.9. The Bertz CT molecular complexity index is 306. The molecular formula is C8H18N2O2S. The maximum Gasteiger partial charge on any atom is 0.212 e. The number of sulfonamides is 1. The Hall–Kier alpha value is -0.130. The molecule has 0 atom stereocenters. The van der Waals surface area contributed by atoms with Gasteiger partial charge in [-0.25, -0.2) is 8.42 Å². The van der Waals surface area contributed by atoms with E-state index in [1.165, 1.54) is 10.6 Å². The van der Waals surface area contributed by atoms with Gasteiger partial charge in [-0.05, 0) is 27.7 Å². The first-order valence-electron chi connectivity index (χ1n) is 4.32. The van der Waals surface area contributed by atoms with Crippen LogP contribution in [0, 0.1) is 0 Å². The quantitative estimate of drug-likeness (QED) is 0.674. The van der Waals surface area contributed by atoms with E-state index in [9.17, 15) is 8.42 Å². The Labute approximate surface area is 80.4 Å². The molecule has 0 aromatic heterocycles. The molecule has 0 spiro atoms. The summed E-state index contributed by atoms with van der Waals surface area (Å²) in [5.74, 6) is 0. The topological polar surface area (TPSA) is 49.4 Å². The van der Waals surface area contributed by atoms with Crippen LogP contribution in [0.1, 0.15) is 27.7 Å². The minimum atomic E-state index is -3.11. The van der Waals surface area contributed by atoms with Crippen LogP contribution in [-0.4, -0.2) is 36.7 Å². The maximum atomic E-state index is 11.4. The number of nitrogens with one attached hydrogen (secondary N) is 1. The SMILES string of the molecule is CC1(C)NCN(S(C)(=O)=O)C1(C)C. The fourth-order valence-electron chi connectivity index (χ4n) is 1.53. The van der Waals surface area contributed by atoms with Crippen molar-refractivity contribution in [2.45, 2.75) is 38.8 Å². The smallest absolute Gasteiger partial charge is 0.212 e. The van der Waals surface area contributed by atoms with E-state index in [-0.39, 0.29) is 11.1 Å². The van der Waals surface area contributed by atoms with Crippen molar-refractivity contribution in [2.24, 2.45) is 0 Å². The van der Waals surface area contributed by atoms with Gasteiger partial charge in [-0.1, -0.05) is 0 Å². The Morgan fingerprint density at radius 3 is 1.85 bits per heavy atom. The average molecular weight is 206 g/mol. The first-order valence-corrected chi connectivity index (χ1v) is 6.17. The molecular weight excluding hydrogens is 188 g/mol. The minimum absolute atomic E-state index is 0.184. The van der Waals surface area contributed by atoms with Gasteiger partial charge >= 0.3 is 0 Å². The number of rotatable bonds is 1. The lowest BCUT2D eigenvalue weighted by molar-refractivity contribution is 0.216. The van der Waals surface area contributed by atoms with Crippen LogP contribution in [-0.2, 0) is 10.0 Å². The molecule has 0 saturated carbocycles. The second-order valence-corrected chi connectivity index (χ2v) is 6.54. The number of hydrogen-bond donors (Lipinski definition) is 1. The van der Waals surface area contributed by atoms with Crippen molar-refractivity contribution in [3.8, 4) is 0 Å². The van der Waals surface area contributed by atoms with Gasteiger partial charge in [-0.2, -0.15) is 4.31 Å². The lowest BCUT2D eigenvalue weighted by Gasteiger charge is -2.38. The van der Waals surface area contributed by atoms with Crippen LogP contribution in [0.5, 0.6) is 0 Å². The summed E-state index contributed by atoms with van der Waals surface area (Å²) in [6.07, 6.45) is 1.25. The highest BCUT2D eigenvalue weighted by atomic mass is 32.2. The van der Waals surface area contributed by atoms with Crippen LogP contribution in [0.15, 0.2) is 0 Å². The molecule has 78 valence electrons. The van der Waals surface area contributed by atoms with Gasteiger partial charge in [-0.15, -0.1) is 0 Å². The predicted molar refractivity (Wildman–Crippen MR) is 52.8 cm³/mol. The Balaban J connectivity index is 3.10. The van der Waals surface area contributed by atoms with Crippen molar-refractivity contribution < 1.29 is 8.42 Å². The Morgan fingerprint density at radius 2 is 1.69 bits per heavy atom. The number of hydrogen-bond acceptors (Lipinski definition) is 3. The molecule has 4 nitrogen and oxygen atoms in total. The Kier molecular flexibility index (Phi) is 2.26. The van der Waals surface area contributed by atoms with E-state index >= 15 is 0 Å². The van der Waals surface area contributed by atoms with Gasteiger partial charge in [0.15, 0.2) is 0 Å². The lowest BCUT2D eigenvalue weighted by Crippen LogP contribution is -2.54. The van der Waals surface area contributed by atoms with Crippen LogP contribution < -0.4 is 5.32 Å². The van der Waals surface area contributed by atoms with Crippen LogP contribution in [0.2, 0.25) is 0 Å². The molecule has 0 amide bonds. The zero-order valence-corrected chi connectivity index (χ0v) is 9.70. The predicted octanol–water partition coefficient (Wildman–Crippen LogP) is 0.366. The second kappa shape index (κ2) is 2.68. The molecule has 13 heavy (non-hydrogen) atoms. The van der Waals surface area contributed by atoms with Crippen molar-refractivity contribution in [3.05, 3.63) is 0 Å². The van der Waals surface area contributed by atoms with Gasteiger partial charge in [0, 0.05) is 11.1 Å². The molecule has 1 fully saturated rings. The highest BCUT2D eigenvalue weighted by Crippen LogP contribution is 2.34. The van der Waals surface area contributed by atoms with Crippen molar-refractivity contribution in [2.75, 3.05) is 12.9 Å². The summed E-state index contributed by atoms with van der Waals surface area (Å²) in [5, 5.41) is 3.19. The van der Waals surface area contributed by atoms with E-state index in [0.717, 1.165) is 0 Å². The molecule has 5 heteroatoms. The van der Waals surface area contributed by atoms with Crippen molar-refractivity contribution in [3.63, 3.8) is 0 Å². The molecule has 0 radical (unpaired) electrons. The van der Waals surface area contributed by atoms with Gasteiger partial charge in [0.05, 0.1) is 12.9 Å². The zero-order valence-electron chi connectivity index (χ0n) is 8.88. The zero-order chi connectivity index (χ0) is 10.5. The third kappa shape index (κ3) is 1.60. The summed E-state index contributed by atoms with van der Waals surface area (Å²) in [7, 11) is -3.11.